The molecule has 1 heterocycles. The fourth-order valence-electron chi connectivity index (χ4n) is 0.712. The van der Waals surface area contributed by atoms with Gasteiger partial charge in [0.25, 0.3) is 0 Å². The lowest BCUT2D eigenvalue weighted by Gasteiger charge is -2.02. The number of hydrogen-bond acceptors (Lipinski definition) is 3. The summed E-state index contributed by atoms with van der Waals surface area (Å²) in [4.78, 5) is 1.27. The van der Waals surface area contributed by atoms with E-state index in [1.807, 2.05) is 18.4 Å². The summed E-state index contributed by atoms with van der Waals surface area (Å²) in [7, 11) is 0. The van der Waals surface area contributed by atoms with Gasteiger partial charge in [-0.25, -0.2) is 0 Å². The molecule has 58 valence electrons. The maximum absolute atomic E-state index is 8.45. The Morgan fingerprint density at radius 2 is 2.64 bits per heavy atom. The van der Waals surface area contributed by atoms with Crippen LogP contribution in [0.15, 0.2) is 17.5 Å². The third kappa shape index (κ3) is 2.71. The van der Waals surface area contributed by atoms with Gasteiger partial charge in [-0.15, -0.1) is 11.3 Å². The molecule has 0 saturated heterocycles. The monoisotopic (exact) mass is 166 g/mol. The topological polar surface area (TPSA) is 35.8 Å². The predicted octanol–water partition coefficient (Wildman–Crippen LogP) is 1.75. The van der Waals surface area contributed by atoms with Gasteiger partial charge in [0.1, 0.15) is 0 Å². The van der Waals surface area contributed by atoms with Crippen molar-refractivity contribution < 1.29 is 0 Å². The first-order valence-electron chi connectivity index (χ1n) is 3.48. The molecule has 0 amide bonds. The fraction of sp³-hybridized carbons (Fsp3) is 0.375. The Kier molecular flexibility index (Phi) is 3.09. The second kappa shape index (κ2) is 4.12. The van der Waals surface area contributed by atoms with E-state index >= 15 is 0 Å². The molecule has 0 spiro atoms. The maximum atomic E-state index is 8.45. The van der Waals surface area contributed by atoms with Crippen molar-refractivity contribution in [3.8, 4) is 6.07 Å². The van der Waals surface area contributed by atoms with Crippen molar-refractivity contribution in [2.24, 2.45) is 0 Å². The third-order valence-corrected chi connectivity index (χ3v) is 2.23. The zero-order valence-electron chi connectivity index (χ0n) is 6.37. The number of nitrogens with zero attached hydrogens (tertiary/aromatic N) is 1. The number of hydrogen-bond donors (Lipinski definition) is 1. The highest BCUT2D eigenvalue weighted by atomic mass is 32.1. The zero-order chi connectivity index (χ0) is 8.10. The summed E-state index contributed by atoms with van der Waals surface area (Å²) in [5, 5.41) is 13.6. The Bertz CT molecular complexity index is 235. The zero-order valence-corrected chi connectivity index (χ0v) is 7.19. The molecule has 1 aromatic heterocycles. The lowest BCUT2D eigenvalue weighted by molar-refractivity contribution is 0.648. The second-order valence-electron chi connectivity index (χ2n) is 2.31. The summed E-state index contributed by atoms with van der Waals surface area (Å²) in [6.07, 6.45) is 0. The summed E-state index contributed by atoms with van der Waals surface area (Å²) in [5.41, 5.74) is 0. The smallest absolute Gasteiger partial charge is 0.0927 e. The molecule has 0 saturated carbocycles. The van der Waals surface area contributed by atoms with Gasteiger partial charge in [-0.2, -0.15) is 5.26 Å². The second-order valence-corrected chi connectivity index (χ2v) is 3.34. The highest BCUT2D eigenvalue weighted by Gasteiger charge is 1.97. The summed E-state index contributed by atoms with van der Waals surface area (Å²) in [6.45, 7) is 2.65. The minimum Gasteiger partial charge on any atom is -0.297 e. The molecule has 0 aliphatic carbocycles. The fourth-order valence-corrected chi connectivity index (χ4v) is 1.37. The van der Waals surface area contributed by atoms with Crippen molar-refractivity contribution in [3.05, 3.63) is 22.4 Å². The first-order valence-corrected chi connectivity index (χ1v) is 4.36. The van der Waals surface area contributed by atoms with E-state index in [0.717, 1.165) is 6.54 Å². The number of thiophene rings is 1. The van der Waals surface area contributed by atoms with Gasteiger partial charge in [0.15, 0.2) is 0 Å². The standard InChI is InChI=1S/C8H10N2S/c1-7(5-9)10-6-8-3-2-4-11-8/h2-4,7,10H,6H2,1H3. The van der Waals surface area contributed by atoms with Gasteiger partial charge in [0.05, 0.1) is 12.1 Å². The average Bonchev–Trinajstić information content (AvgIpc) is 2.52. The Labute approximate surface area is 70.5 Å². The summed E-state index contributed by atoms with van der Waals surface area (Å²) in [5.74, 6) is 0. The van der Waals surface area contributed by atoms with Crippen LogP contribution in [-0.2, 0) is 6.54 Å². The van der Waals surface area contributed by atoms with Crippen LogP contribution in [0, 0.1) is 11.3 Å². The van der Waals surface area contributed by atoms with E-state index in [0.29, 0.717) is 0 Å². The predicted molar refractivity (Wildman–Crippen MR) is 46.2 cm³/mol. The maximum Gasteiger partial charge on any atom is 0.0927 e. The van der Waals surface area contributed by atoms with Crippen molar-refractivity contribution in [2.75, 3.05) is 0 Å². The van der Waals surface area contributed by atoms with E-state index in [4.69, 9.17) is 5.26 Å². The third-order valence-electron chi connectivity index (χ3n) is 1.36. The Balaban J connectivity index is 2.30. The molecule has 0 bridgehead atoms. The van der Waals surface area contributed by atoms with Crippen molar-refractivity contribution >= 4 is 11.3 Å². The quantitative estimate of drug-likeness (QED) is 0.742. The van der Waals surface area contributed by atoms with Crippen molar-refractivity contribution in [3.63, 3.8) is 0 Å². The lowest BCUT2D eigenvalue weighted by Crippen LogP contribution is -2.22. The van der Waals surface area contributed by atoms with Gasteiger partial charge in [-0.3, -0.25) is 5.32 Å². The molecule has 3 heteroatoms. The largest absolute Gasteiger partial charge is 0.297 e. The van der Waals surface area contributed by atoms with Gasteiger partial charge in [-0.1, -0.05) is 6.07 Å². The molecule has 0 fully saturated rings. The SMILES string of the molecule is CC(C#N)NCc1cccs1. The van der Waals surface area contributed by atoms with Gasteiger partial charge in [-0.05, 0) is 18.4 Å². The molecular weight excluding hydrogens is 156 g/mol. The van der Waals surface area contributed by atoms with E-state index in [-0.39, 0.29) is 6.04 Å². The molecule has 1 rings (SSSR count). The highest BCUT2D eigenvalue weighted by Crippen LogP contribution is 2.07. The molecule has 0 aliphatic heterocycles. The van der Waals surface area contributed by atoms with Gasteiger partial charge >= 0.3 is 0 Å². The first-order chi connectivity index (χ1) is 5.33. The Morgan fingerprint density at radius 1 is 1.82 bits per heavy atom. The molecule has 11 heavy (non-hydrogen) atoms. The van der Waals surface area contributed by atoms with Crippen LogP contribution in [0.25, 0.3) is 0 Å². The van der Waals surface area contributed by atoms with Crippen LogP contribution in [0.2, 0.25) is 0 Å². The molecule has 0 radical (unpaired) electrons. The van der Waals surface area contributed by atoms with Crippen molar-refractivity contribution in [1.82, 2.24) is 5.32 Å². The molecule has 1 N–H and O–H groups in total. The van der Waals surface area contributed by atoms with E-state index in [9.17, 15) is 0 Å². The minimum atomic E-state index is -0.0582. The van der Waals surface area contributed by atoms with E-state index in [2.05, 4.69) is 17.5 Å². The summed E-state index contributed by atoms with van der Waals surface area (Å²) in [6, 6.07) is 6.13. The van der Waals surface area contributed by atoms with Crippen molar-refractivity contribution in [2.45, 2.75) is 19.5 Å². The van der Waals surface area contributed by atoms with Crippen LogP contribution in [0.3, 0.4) is 0 Å². The average molecular weight is 166 g/mol. The van der Waals surface area contributed by atoms with E-state index in [1.165, 1.54) is 4.88 Å². The van der Waals surface area contributed by atoms with Crippen LogP contribution in [0.5, 0.6) is 0 Å². The highest BCUT2D eigenvalue weighted by molar-refractivity contribution is 7.09. The molecule has 0 aliphatic rings. The molecular formula is C8H10N2S. The van der Waals surface area contributed by atoms with Crippen molar-refractivity contribution in [1.29, 1.82) is 5.26 Å². The Morgan fingerprint density at radius 3 is 3.18 bits per heavy atom. The van der Waals surface area contributed by atoms with E-state index < -0.39 is 0 Å². The van der Waals surface area contributed by atoms with Crippen LogP contribution in [0.4, 0.5) is 0 Å². The molecule has 1 aromatic rings. The van der Waals surface area contributed by atoms with Gasteiger partial charge < -0.3 is 0 Å². The van der Waals surface area contributed by atoms with Crippen LogP contribution >= 0.6 is 11.3 Å². The molecule has 2 nitrogen and oxygen atoms in total. The molecule has 1 atom stereocenters. The Hall–Kier alpha value is -0.850. The number of rotatable bonds is 3. The molecule has 0 aromatic carbocycles. The van der Waals surface area contributed by atoms with E-state index in [1.54, 1.807) is 11.3 Å². The van der Waals surface area contributed by atoms with Gasteiger partial charge in [0.2, 0.25) is 0 Å². The normalized spacial score (nSPS) is 12.4. The summed E-state index contributed by atoms with van der Waals surface area (Å²) >= 11 is 1.70. The number of nitrogens with one attached hydrogen (secondary N) is 1. The molecule has 1 unspecified atom stereocenters. The lowest BCUT2D eigenvalue weighted by atomic mass is 10.3. The first kappa shape index (κ1) is 8.25. The minimum absolute atomic E-state index is 0.0582. The van der Waals surface area contributed by atoms with Crippen LogP contribution in [0.1, 0.15) is 11.8 Å². The van der Waals surface area contributed by atoms with Crippen LogP contribution < -0.4 is 5.32 Å². The van der Waals surface area contributed by atoms with Gasteiger partial charge in [0, 0.05) is 11.4 Å². The van der Waals surface area contributed by atoms with Crippen LogP contribution in [-0.4, -0.2) is 6.04 Å². The number of nitriles is 1. The summed E-state index contributed by atoms with van der Waals surface area (Å²) < 4.78 is 0.